The molecule has 0 bridgehead atoms. The van der Waals surface area contributed by atoms with Crippen LogP contribution in [0.2, 0.25) is 0 Å². The van der Waals surface area contributed by atoms with E-state index in [0.717, 1.165) is 39.3 Å². The molecule has 0 saturated carbocycles. The Kier molecular flexibility index (Phi) is 7.77. The summed E-state index contributed by atoms with van der Waals surface area (Å²) in [6.45, 7) is 12.7. The van der Waals surface area contributed by atoms with Crippen molar-refractivity contribution < 1.29 is 9.47 Å². The van der Waals surface area contributed by atoms with Crippen molar-refractivity contribution in [3.8, 4) is 0 Å². The molecule has 0 N–H and O–H groups in total. The highest BCUT2D eigenvalue weighted by Crippen LogP contribution is 2.09. The molecule has 1 aliphatic heterocycles. The molecule has 0 unspecified atom stereocenters. The van der Waals surface area contributed by atoms with E-state index in [9.17, 15) is 0 Å². The van der Waals surface area contributed by atoms with Crippen molar-refractivity contribution in [1.29, 1.82) is 0 Å². The number of piperazine rings is 1. The van der Waals surface area contributed by atoms with Crippen molar-refractivity contribution in [2.75, 3.05) is 59.7 Å². The molecule has 1 atom stereocenters. The predicted molar refractivity (Wildman–Crippen MR) is 70.5 cm³/mol. The summed E-state index contributed by atoms with van der Waals surface area (Å²) in [6, 6.07) is 0.645. The minimum absolute atomic E-state index is 0.645. The average molecular weight is 244 g/mol. The molecule has 1 saturated heterocycles. The van der Waals surface area contributed by atoms with Crippen molar-refractivity contribution in [3.05, 3.63) is 0 Å². The van der Waals surface area contributed by atoms with Crippen LogP contribution < -0.4 is 0 Å². The molecular formula is C13H28N2O2. The third kappa shape index (κ3) is 5.82. The van der Waals surface area contributed by atoms with Gasteiger partial charge in [0.15, 0.2) is 0 Å². The Hall–Kier alpha value is -0.160. The third-order valence-electron chi connectivity index (χ3n) is 3.40. The number of nitrogens with zero attached hydrogens (tertiary/aromatic N) is 2. The van der Waals surface area contributed by atoms with Crippen molar-refractivity contribution in [2.45, 2.75) is 26.3 Å². The van der Waals surface area contributed by atoms with E-state index in [1.165, 1.54) is 19.6 Å². The fourth-order valence-electron chi connectivity index (χ4n) is 2.36. The van der Waals surface area contributed by atoms with E-state index in [1.54, 1.807) is 7.11 Å². The minimum atomic E-state index is 0.645. The fraction of sp³-hybridized carbons (Fsp3) is 1.00. The van der Waals surface area contributed by atoms with Crippen LogP contribution in [0.15, 0.2) is 0 Å². The summed E-state index contributed by atoms with van der Waals surface area (Å²) < 4.78 is 10.5. The van der Waals surface area contributed by atoms with E-state index in [1.807, 2.05) is 0 Å². The first-order valence-corrected chi connectivity index (χ1v) is 6.81. The first kappa shape index (κ1) is 14.9. The van der Waals surface area contributed by atoms with Crippen molar-refractivity contribution >= 4 is 0 Å². The predicted octanol–water partition coefficient (Wildman–Crippen LogP) is 1.07. The van der Waals surface area contributed by atoms with E-state index >= 15 is 0 Å². The highest BCUT2D eigenvalue weighted by atomic mass is 16.5. The zero-order valence-electron chi connectivity index (χ0n) is 11.7. The van der Waals surface area contributed by atoms with Crippen LogP contribution in [0.25, 0.3) is 0 Å². The molecule has 4 heteroatoms. The molecule has 0 aromatic rings. The number of methoxy groups -OCH3 is 1. The van der Waals surface area contributed by atoms with E-state index in [2.05, 4.69) is 23.6 Å². The van der Waals surface area contributed by atoms with Gasteiger partial charge in [0.05, 0.1) is 6.61 Å². The summed E-state index contributed by atoms with van der Waals surface area (Å²) in [6.07, 6.45) is 1.14. The molecule has 0 radical (unpaired) electrons. The summed E-state index contributed by atoms with van der Waals surface area (Å²) in [4.78, 5) is 5.07. The first-order chi connectivity index (χ1) is 8.27. The Labute approximate surface area is 106 Å². The lowest BCUT2D eigenvalue weighted by Crippen LogP contribution is -2.52. The lowest BCUT2D eigenvalue weighted by atomic mass is 10.2. The lowest BCUT2D eigenvalue weighted by Gasteiger charge is -2.39. The molecule has 1 fully saturated rings. The summed E-state index contributed by atoms with van der Waals surface area (Å²) in [5.41, 5.74) is 0. The topological polar surface area (TPSA) is 24.9 Å². The Balaban J connectivity index is 2.15. The van der Waals surface area contributed by atoms with Gasteiger partial charge in [0, 0.05) is 59.1 Å². The van der Waals surface area contributed by atoms with Crippen LogP contribution in [-0.4, -0.2) is 75.5 Å². The number of hydrogen-bond donors (Lipinski definition) is 0. The van der Waals surface area contributed by atoms with Gasteiger partial charge in [-0.05, 0) is 20.3 Å². The molecule has 17 heavy (non-hydrogen) atoms. The number of rotatable bonds is 8. The smallest absolute Gasteiger partial charge is 0.0593 e. The monoisotopic (exact) mass is 244 g/mol. The zero-order valence-corrected chi connectivity index (χ0v) is 11.7. The van der Waals surface area contributed by atoms with Gasteiger partial charge in [0.1, 0.15) is 0 Å². The van der Waals surface area contributed by atoms with Gasteiger partial charge < -0.3 is 14.4 Å². The maximum atomic E-state index is 5.42. The van der Waals surface area contributed by atoms with E-state index in [0.29, 0.717) is 6.04 Å². The van der Waals surface area contributed by atoms with Crippen LogP contribution in [0.3, 0.4) is 0 Å². The molecule has 0 aromatic heterocycles. The summed E-state index contributed by atoms with van der Waals surface area (Å²) in [5, 5.41) is 0. The van der Waals surface area contributed by atoms with E-state index in [4.69, 9.17) is 9.47 Å². The third-order valence-corrected chi connectivity index (χ3v) is 3.40. The maximum absolute atomic E-state index is 5.42. The molecule has 1 heterocycles. The van der Waals surface area contributed by atoms with Gasteiger partial charge in [-0.2, -0.15) is 0 Å². The van der Waals surface area contributed by atoms with Crippen LogP contribution in [0.1, 0.15) is 20.3 Å². The van der Waals surface area contributed by atoms with Gasteiger partial charge in [0.2, 0.25) is 0 Å². The normalized spacial score (nSPS) is 23.1. The standard InChI is InChI=1S/C13H28N2O2/c1-4-17-11-9-15-8-7-14(12-13(15)2)6-5-10-16-3/h13H,4-12H2,1-3H3/t13-/m1/s1. The van der Waals surface area contributed by atoms with Crippen LogP contribution in [-0.2, 0) is 9.47 Å². The fourth-order valence-corrected chi connectivity index (χ4v) is 2.36. The molecule has 0 amide bonds. The largest absolute Gasteiger partial charge is 0.385 e. The summed E-state index contributed by atoms with van der Waals surface area (Å²) in [7, 11) is 1.77. The quantitative estimate of drug-likeness (QED) is 0.596. The molecular weight excluding hydrogens is 216 g/mol. The van der Waals surface area contributed by atoms with Crippen LogP contribution in [0.5, 0.6) is 0 Å². The summed E-state index contributed by atoms with van der Waals surface area (Å²) in [5.74, 6) is 0. The Morgan fingerprint density at radius 1 is 1.18 bits per heavy atom. The second kappa shape index (κ2) is 8.86. The van der Waals surface area contributed by atoms with Crippen molar-refractivity contribution in [3.63, 3.8) is 0 Å². The molecule has 0 aromatic carbocycles. The average Bonchev–Trinajstić information content (AvgIpc) is 2.32. The first-order valence-electron chi connectivity index (χ1n) is 6.81. The number of hydrogen-bond acceptors (Lipinski definition) is 4. The van der Waals surface area contributed by atoms with E-state index < -0.39 is 0 Å². The van der Waals surface area contributed by atoms with Gasteiger partial charge in [-0.1, -0.05) is 0 Å². The second-order valence-corrected chi connectivity index (χ2v) is 4.73. The van der Waals surface area contributed by atoms with Gasteiger partial charge in [-0.15, -0.1) is 0 Å². The van der Waals surface area contributed by atoms with Gasteiger partial charge >= 0.3 is 0 Å². The molecule has 1 rings (SSSR count). The van der Waals surface area contributed by atoms with Crippen molar-refractivity contribution in [2.24, 2.45) is 0 Å². The molecule has 0 aliphatic carbocycles. The maximum Gasteiger partial charge on any atom is 0.0593 e. The Morgan fingerprint density at radius 2 is 2.00 bits per heavy atom. The Bertz CT molecular complexity index is 190. The Morgan fingerprint density at radius 3 is 2.65 bits per heavy atom. The van der Waals surface area contributed by atoms with Gasteiger partial charge in [-0.25, -0.2) is 0 Å². The summed E-state index contributed by atoms with van der Waals surface area (Å²) >= 11 is 0. The lowest BCUT2D eigenvalue weighted by molar-refractivity contribution is 0.0461. The SMILES string of the molecule is CCOCCN1CCN(CCCOC)C[C@H]1C. The highest BCUT2D eigenvalue weighted by molar-refractivity contribution is 4.78. The molecule has 4 nitrogen and oxygen atoms in total. The molecule has 0 spiro atoms. The van der Waals surface area contributed by atoms with Crippen LogP contribution in [0, 0.1) is 0 Å². The minimum Gasteiger partial charge on any atom is -0.385 e. The van der Waals surface area contributed by atoms with Crippen LogP contribution in [0.4, 0.5) is 0 Å². The highest BCUT2D eigenvalue weighted by Gasteiger charge is 2.22. The van der Waals surface area contributed by atoms with Gasteiger partial charge in [-0.3, -0.25) is 4.90 Å². The van der Waals surface area contributed by atoms with Gasteiger partial charge in [0.25, 0.3) is 0 Å². The molecule has 102 valence electrons. The van der Waals surface area contributed by atoms with E-state index in [-0.39, 0.29) is 0 Å². The van der Waals surface area contributed by atoms with Crippen molar-refractivity contribution in [1.82, 2.24) is 9.80 Å². The zero-order chi connectivity index (χ0) is 12.5. The number of ether oxygens (including phenoxy) is 2. The van der Waals surface area contributed by atoms with Crippen LogP contribution >= 0.6 is 0 Å². The molecule has 1 aliphatic rings. The second-order valence-electron chi connectivity index (χ2n) is 4.73.